The number of aryl methyl sites for hydroxylation is 4. The number of hydrogen-bond donors (Lipinski definition) is 4. The number of benzene rings is 2. The maximum atomic E-state index is 13.8. The Hall–Kier alpha value is -6.09. The molecule has 0 atom stereocenters. The number of carbonyl (C=O) groups is 4. The molecule has 2 aromatic carbocycles. The Bertz CT molecular complexity index is 2690. The smallest absolute Gasteiger partial charge is 0.335 e. The van der Waals surface area contributed by atoms with Gasteiger partial charge in [-0.25, -0.2) is 24.5 Å². The molecule has 326 valence electrons. The highest BCUT2D eigenvalue weighted by Crippen LogP contribution is 2.34. The number of aromatic carboxylic acids is 2. The highest BCUT2D eigenvalue weighted by Gasteiger charge is 2.24. The highest BCUT2D eigenvalue weighted by molar-refractivity contribution is 7.98. The number of imidazole rings is 2. The van der Waals surface area contributed by atoms with Gasteiger partial charge in [0.05, 0.1) is 63.9 Å². The largest absolute Gasteiger partial charge is 0.491 e. The number of rotatable bonds is 18. The second-order valence-corrected chi connectivity index (χ2v) is 16.5. The molecule has 5 heterocycles. The monoisotopic (exact) mass is 884 g/mol. The summed E-state index contributed by atoms with van der Waals surface area (Å²) in [7, 11) is 0. The molecule has 0 unspecified atom stereocenters. The molecule has 1 fully saturated rings. The third kappa shape index (κ3) is 9.52. The molecule has 4 aromatic heterocycles. The van der Waals surface area contributed by atoms with Gasteiger partial charge in [-0.05, 0) is 70.2 Å². The van der Waals surface area contributed by atoms with E-state index in [1.807, 2.05) is 39.2 Å². The van der Waals surface area contributed by atoms with Crippen LogP contribution in [-0.2, 0) is 30.8 Å². The summed E-state index contributed by atoms with van der Waals surface area (Å²) in [5.41, 5.74) is 3.57. The van der Waals surface area contributed by atoms with Crippen molar-refractivity contribution in [3.05, 3.63) is 80.6 Å². The van der Waals surface area contributed by atoms with Gasteiger partial charge in [0.15, 0.2) is 0 Å². The lowest BCUT2D eigenvalue weighted by molar-refractivity contribution is 0.0358. The van der Waals surface area contributed by atoms with Gasteiger partial charge in [0.2, 0.25) is 11.9 Å². The van der Waals surface area contributed by atoms with E-state index in [-0.39, 0.29) is 36.1 Å². The molecule has 0 bridgehead atoms. The van der Waals surface area contributed by atoms with Crippen molar-refractivity contribution in [1.29, 1.82) is 0 Å². The quantitative estimate of drug-likeness (QED) is 0.0428. The maximum absolute atomic E-state index is 13.8. The minimum atomic E-state index is -1.15. The Balaban J connectivity index is 1.25. The number of anilines is 2. The maximum Gasteiger partial charge on any atom is 0.335 e. The number of thioether (sulfide) groups is 1. The number of allylic oxidation sites excluding steroid dienone is 2. The molecule has 0 saturated carbocycles. The van der Waals surface area contributed by atoms with Gasteiger partial charge in [-0.1, -0.05) is 19.1 Å². The molecule has 1 aliphatic heterocycles. The molecule has 2 amide bonds. The van der Waals surface area contributed by atoms with Crippen LogP contribution in [0, 0.1) is 13.8 Å². The Morgan fingerprint density at radius 1 is 0.871 bits per heavy atom. The van der Waals surface area contributed by atoms with Gasteiger partial charge in [0.1, 0.15) is 21.8 Å². The summed E-state index contributed by atoms with van der Waals surface area (Å²) in [6.07, 6.45) is 6.80. The van der Waals surface area contributed by atoms with Crippen molar-refractivity contribution in [3.63, 3.8) is 0 Å². The van der Waals surface area contributed by atoms with Crippen LogP contribution in [0.1, 0.15) is 77.5 Å². The van der Waals surface area contributed by atoms with E-state index in [2.05, 4.69) is 25.6 Å². The average molecular weight is 885 g/mol. The van der Waals surface area contributed by atoms with Crippen LogP contribution in [-0.4, -0.2) is 118 Å². The van der Waals surface area contributed by atoms with Gasteiger partial charge in [-0.3, -0.25) is 29.8 Å². The van der Waals surface area contributed by atoms with Crippen LogP contribution in [0.2, 0.25) is 0 Å². The van der Waals surface area contributed by atoms with E-state index in [0.717, 1.165) is 24.6 Å². The van der Waals surface area contributed by atoms with Gasteiger partial charge < -0.3 is 28.8 Å². The molecule has 1 aliphatic rings. The average Bonchev–Trinajstić information content (AvgIpc) is 4.03. The van der Waals surface area contributed by atoms with Crippen molar-refractivity contribution >= 4 is 80.8 Å². The van der Waals surface area contributed by atoms with E-state index in [1.54, 1.807) is 32.9 Å². The van der Waals surface area contributed by atoms with Crippen molar-refractivity contribution < 1.29 is 38.9 Å². The Kier molecular flexibility index (Phi) is 13.7. The lowest BCUT2D eigenvalue weighted by atomic mass is 10.2. The van der Waals surface area contributed by atoms with Crippen molar-refractivity contribution in [1.82, 2.24) is 38.8 Å². The van der Waals surface area contributed by atoms with Crippen molar-refractivity contribution in [2.45, 2.75) is 65.1 Å². The Morgan fingerprint density at radius 2 is 1.50 bits per heavy atom. The molecule has 20 heteroatoms. The van der Waals surface area contributed by atoms with E-state index in [9.17, 15) is 29.4 Å². The van der Waals surface area contributed by atoms with Gasteiger partial charge >= 0.3 is 11.9 Å². The molecule has 6 aromatic rings. The number of fused-ring (bicyclic) bond motifs is 2. The molecule has 4 N–H and O–H groups in total. The van der Waals surface area contributed by atoms with E-state index in [4.69, 9.17) is 19.4 Å². The van der Waals surface area contributed by atoms with E-state index >= 15 is 0 Å². The number of nitrogens with one attached hydrogen (secondary N) is 2. The fourth-order valence-corrected chi connectivity index (χ4v) is 8.91. The number of aromatic nitrogens is 7. The summed E-state index contributed by atoms with van der Waals surface area (Å²) in [6, 6.07) is 7.67. The van der Waals surface area contributed by atoms with Gasteiger partial charge in [-0.2, -0.15) is 5.10 Å². The van der Waals surface area contributed by atoms with Crippen LogP contribution in [0.25, 0.3) is 22.1 Å². The summed E-state index contributed by atoms with van der Waals surface area (Å²) >= 11 is 2.64. The topological polar surface area (TPSA) is 221 Å². The molecule has 0 radical (unpaired) electrons. The van der Waals surface area contributed by atoms with Gasteiger partial charge in [-0.15, -0.1) is 23.1 Å². The fraction of sp³-hybridized carbons (Fsp3) is 0.381. The first-order valence-corrected chi connectivity index (χ1v) is 22.2. The minimum Gasteiger partial charge on any atom is -0.491 e. The lowest BCUT2D eigenvalue weighted by Gasteiger charge is -2.26. The summed E-state index contributed by atoms with van der Waals surface area (Å²) in [6.45, 7) is 12.4. The fourth-order valence-electron chi connectivity index (χ4n) is 7.35. The van der Waals surface area contributed by atoms with Crippen LogP contribution in [0.3, 0.4) is 0 Å². The summed E-state index contributed by atoms with van der Waals surface area (Å²) in [5, 5.41) is 31.0. The standard InChI is InChI=1S/C42H48N10O8S2/c1-6-28-36(62-25(4)43-28)38(54)47-42-44-29-20-26(39(55)56)22-32(60-16-10-11-49-14-17-59-18-15-49)34(29)50(42)12-8-9-13-51-35-30(21-27(40(57)58)23-33(35)61-5)45-41(51)46-37(53)31-19-24(3)48-52(31)7-2/h8-9,19-23H,6-7,10-18H2,1-5H3,(H,55,56)(H,57,58)(H,44,47,54)(H,45,46,53)/b9-8+. The molecule has 1 saturated heterocycles. The van der Waals surface area contributed by atoms with E-state index in [0.29, 0.717) is 93.9 Å². The second kappa shape index (κ2) is 19.3. The Morgan fingerprint density at radius 3 is 2.13 bits per heavy atom. The van der Waals surface area contributed by atoms with E-state index in [1.165, 1.54) is 41.3 Å². The van der Waals surface area contributed by atoms with Crippen molar-refractivity contribution in [3.8, 4) is 5.75 Å². The predicted octanol–water partition coefficient (Wildman–Crippen LogP) is 6.22. The predicted molar refractivity (Wildman–Crippen MR) is 236 cm³/mol. The Labute approximate surface area is 364 Å². The van der Waals surface area contributed by atoms with Crippen LogP contribution >= 0.6 is 23.1 Å². The van der Waals surface area contributed by atoms with Crippen LogP contribution in [0.15, 0.2) is 47.4 Å². The number of thiazole rings is 1. The number of hydrogen-bond acceptors (Lipinski definition) is 13. The zero-order chi connectivity index (χ0) is 44.1. The minimum absolute atomic E-state index is 0.0144. The third-order valence-corrected chi connectivity index (χ3v) is 12.0. The lowest BCUT2D eigenvalue weighted by Crippen LogP contribution is -2.37. The first kappa shape index (κ1) is 44.0. The molecular weight excluding hydrogens is 837 g/mol. The molecule has 62 heavy (non-hydrogen) atoms. The number of ether oxygens (including phenoxy) is 2. The number of carbonyl (C=O) groups excluding carboxylic acids is 2. The molecule has 0 aliphatic carbocycles. The second-order valence-electron chi connectivity index (χ2n) is 14.5. The van der Waals surface area contributed by atoms with Gasteiger partial charge in [0, 0.05) is 44.2 Å². The van der Waals surface area contributed by atoms with Crippen LogP contribution < -0.4 is 15.4 Å². The number of nitrogens with zero attached hydrogens (tertiary/aromatic N) is 8. The zero-order valence-electron chi connectivity index (χ0n) is 35.1. The third-order valence-electron chi connectivity index (χ3n) is 10.3. The first-order valence-electron chi connectivity index (χ1n) is 20.2. The van der Waals surface area contributed by atoms with Crippen LogP contribution in [0.4, 0.5) is 11.9 Å². The van der Waals surface area contributed by atoms with Crippen molar-refractivity contribution in [2.75, 3.05) is 56.3 Å². The highest BCUT2D eigenvalue weighted by atomic mass is 32.2. The zero-order valence-corrected chi connectivity index (χ0v) is 36.7. The molecular formula is C42H48N10O8S2. The number of carboxylic acids is 2. The molecule has 18 nitrogen and oxygen atoms in total. The van der Waals surface area contributed by atoms with Gasteiger partial charge in [0.25, 0.3) is 11.8 Å². The number of morpholine rings is 1. The normalized spacial score (nSPS) is 13.4. The summed E-state index contributed by atoms with van der Waals surface area (Å²) in [5.74, 6) is -2.39. The summed E-state index contributed by atoms with van der Waals surface area (Å²) < 4.78 is 17.0. The molecule has 7 rings (SSSR count). The summed E-state index contributed by atoms with van der Waals surface area (Å²) in [4.78, 5) is 69.2. The SMILES string of the molecule is CCc1nc(C)sc1C(=O)Nc1nc2cc(C(=O)O)cc(OCCCN3CCOCC3)c2n1C/C=C/Cn1c(NC(=O)c2cc(C)nn2CC)nc2cc(C(=O)O)cc(SC)c21. The number of carboxylic acid groups (broad SMARTS) is 2. The molecule has 0 spiro atoms. The number of amides is 2. The van der Waals surface area contributed by atoms with Crippen molar-refractivity contribution in [2.24, 2.45) is 0 Å². The first-order chi connectivity index (χ1) is 29.9. The van der Waals surface area contributed by atoms with Crippen LogP contribution in [0.5, 0.6) is 5.75 Å². The van der Waals surface area contributed by atoms with E-state index < -0.39 is 23.8 Å².